The lowest BCUT2D eigenvalue weighted by molar-refractivity contribution is 0.372. The molecule has 2 heterocycles. The Labute approximate surface area is 154 Å². The normalized spacial score (nSPS) is 20.2. The average Bonchev–Trinajstić information content (AvgIpc) is 3.16. The van der Waals surface area contributed by atoms with Crippen molar-refractivity contribution in [3.63, 3.8) is 0 Å². The number of thiophene rings is 1. The minimum absolute atomic E-state index is 0.595. The summed E-state index contributed by atoms with van der Waals surface area (Å²) in [5.74, 6) is 1.68. The van der Waals surface area contributed by atoms with Crippen molar-refractivity contribution in [1.82, 2.24) is 10.2 Å². The predicted octanol–water partition coefficient (Wildman–Crippen LogP) is 3.18. The number of aliphatic imine (C=N–C) groups is 1. The van der Waals surface area contributed by atoms with Gasteiger partial charge in [-0.3, -0.25) is 4.99 Å². The van der Waals surface area contributed by atoms with Crippen molar-refractivity contribution in [3.8, 4) is 0 Å². The predicted molar refractivity (Wildman–Crippen MR) is 107 cm³/mol. The third kappa shape index (κ3) is 3.52. The van der Waals surface area contributed by atoms with Gasteiger partial charge >= 0.3 is 0 Å². The molecule has 5 heteroatoms. The summed E-state index contributed by atoms with van der Waals surface area (Å²) in [7, 11) is 0. The number of rotatable bonds is 4. The molecular formula is C20H26N4S. The van der Waals surface area contributed by atoms with Crippen LogP contribution in [0.3, 0.4) is 0 Å². The van der Waals surface area contributed by atoms with Crippen molar-refractivity contribution >= 4 is 22.3 Å². The topological polar surface area (TPSA) is 30.9 Å². The Morgan fingerprint density at radius 1 is 1.16 bits per heavy atom. The fourth-order valence-corrected chi connectivity index (χ4v) is 4.52. The third-order valence-corrected chi connectivity index (χ3v) is 6.08. The van der Waals surface area contributed by atoms with Gasteiger partial charge < -0.3 is 15.1 Å². The van der Waals surface area contributed by atoms with Crippen LogP contribution in [-0.4, -0.2) is 50.1 Å². The smallest absolute Gasteiger partial charge is 0.194 e. The van der Waals surface area contributed by atoms with Gasteiger partial charge in [-0.1, -0.05) is 24.3 Å². The van der Waals surface area contributed by atoms with Gasteiger partial charge in [0.2, 0.25) is 0 Å². The molecular weight excluding hydrogens is 328 g/mol. The van der Waals surface area contributed by atoms with Crippen LogP contribution in [0.1, 0.15) is 24.0 Å². The highest BCUT2D eigenvalue weighted by molar-refractivity contribution is 7.14. The van der Waals surface area contributed by atoms with Gasteiger partial charge in [0.25, 0.3) is 0 Å². The first-order valence-electron chi connectivity index (χ1n) is 9.24. The molecule has 0 bridgehead atoms. The van der Waals surface area contributed by atoms with Crippen molar-refractivity contribution in [2.24, 2.45) is 4.99 Å². The molecule has 0 saturated carbocycles. The number of nitrogens with zero attached hydrogens (tertiary/aromatic N) is 3. The Balaban J connectivity index is 1.37. The Bertz CT molecular complexity index is 717. The molecule has 1 saturated heterocycles. The molecule has 132 valence electrons. The second kappa shape index (κ2) is 7.48. The summed E-state index contributed by atoms with van der Waals surface area (Å²) in [6, 6.07) is 13.1. The average molecular weight is 355 g/mol. The molecule has 1 N–H and O–H groups in total. The van der Waals surface area contributed by atoms with E-state index in [1.807, 2.05) is 11.3 Å². The summed E-state index contributed by atoms with van der Waals surface area (Å²) in [5, 5.41) is 7.03. The van der Waals surface area contributed by atoms with Crippen LogP contribution in [0.2, 0.25) is 0 Å². The molecule has 0 radical (unpaired) electrons. The minimum Gasteiger partial charge on any atom is -0.360 e. The Morgan fingerprint density at radius 2 is 2.00 bits per heavy atom. The maximum Gasteiger partial charge on any atom is 0.194 e. The summed E-state index contributed by atoms with van der Waals surface area (Å²) >= 11 is 1.83. The van der Waals surface area contributed by atoms with Crippen LogP contribution in [0.25, 0.3) is 0 Å². The molecule has 0 amide bonds. The van der Waals surface area contributed by atoms with Gasteiger partial charge in [0.1, 0.15) is 0 Å². The van der Waals surface area contributed by atoms with Gasteiger partial charge in [-0.05, 0) is 42.0 Å². The van der Waals surface area contributed by atoms with Crippen LogP contribution in [0.4, 0.5) is 5.00 Å². The zero-order chi connectivity index (χ0) is 17.1. The molecule has 1 atom stereocenters. The molecule has 1 aliphatic carbocycles. The Kier molecular flexibility index (Phi) is 4.92. The number of piperazine rings is 1. The second-order valence-corrected chi connectivity index (χ2v) is 7.65. The van der Waals surface area contributed by atoms with E-state index in [9.17, 15) is 0 Å². The monoisotopic (exact) mass is 354 g/mol. The van der Waals surface area contributed by atoms with Crippen molar-refractivity contribution in [2.45, 2.75) is 19.3 Å². The fraction of sp³-hybridized carbons (Fsp3) is 0.450. The second-order valence-electron chi connectivity index (χ2n) is 6.72. The molecule has 0 spiro atoms. The van der Waals surface area contributed by atoms with E-state index in [-0.39, 0.29) is 0 Å². The van der Waals surface area contributed by atoms with E-state index in [2.05, 4.69) is 63.8 Å². The van der Waals surface area contributed by atoms with Crippen LogP contribution < -0.4 is 10.2 Å². The van der Waals surface area contributed by atoms with E-state index in [1.54, 1.807) is 0 Å². The molecule has 4 rings (SSSR count). The summed E-state index contributed by atoms with van der Waals surface area (Å²) < 4.78 is 0. The van der Waals surface area contributed by atoms with Gasteiger partial charge in [0, 0.05) is 45.2 Å². The zero-order valence-corrected chi connectivity index (χ0v) is 15.6. The van der Waals surface area contributed by atoms with E-state index < -0.39 is 0 Å². The highest BCUT2D eigenvalue weighted by Crippen LogP contribution is 2.34. The first-order chi connectivity index (χ1) is 12.3. The van der Waals surface area contributed by atoms with E-state index in [1.165, 1.54) is 22.5 Å². The number of fused-ring (bicyclic) bond motifs is 1. The highest BCUT2D eigenvalue weighted by atomic mass is 32.1. The lowest BCUT2D eigenvalue weighted by atomic mass is 9.78. The van der Waals surface area contributed by atoms with Gasteiger partial charge in [-0.15, -0.1) is 11.3 Å². The maximum atomic E-state index is 4.96. The summed E-state index contributed by atoms with van der Waals surface area (Å²) in [6.07, 6.45) is 1.17. The molecule has 2 aromatic rings. The minimum atomic E-state index is 0.595. The highest BCUT2D eigenvalue weighted by Gasteiger charge is 2.26. The summed E-state index contributed by atoms with van der Waals surface area (Å²) in [4.78, 5) is 9.86. The largest absolute Gasteiger partial charge is 0.360 e. The van der Waals surface area contributed by atoms with Gasteiger partial charge in [0.15, 0.2) is 5.96 Å². The molecule has 1 aromatic carbocycles. The van der Waals surface area contributed by atoms with Gasteiger partial charge in [0.05, 0.1) is 5.00 Å². The van der Waals surface area contributed by atoms with Crippen molar-refractivity contribution < 1.29 is 0 Å². The number of benzene rings is 1. The molecule has 2 aliphatic rings. The van der Waals surface area contributed by atoms with Gasteiger partial charge in [-0.25, -0.2) is 0 Å². The van der Waals surface area contributed by atoms with Crippen LogP contribution in [0.5, 0.6) is 0 Å². The van der Waals surface area contributed by atoms with E-state index in [0.29, 0.717) is 5.92 Å². The molecule has 4 nitrogen and oxygen atoms in total. The SMILES string of the molecule is CCNC(=NCC1Cc2ccccc21)N1CCN(c2cccs2)CC1. The van der Waals surface area contributed by atoms with E-state index >= 15 is 0 Å². The molecule has 1 unspecified atom stereocenters. The van der Waals surface area contributed by atoms with Crippen molar-refractivity contribution in [2.75, 3.05) is 44.2 Å². The number of nitrogens with one attached hydrogen (secondary N) is 1. The molecule has 1 aliphatic heterocycles. The summed E-state index contributed by atoms with van der Waals surface area (Å²) in [5.41, 5.74) is 2.99. The fourth-order valence-electron chi connectivity index (χ4n) is 3.74. The van der Waals surface area contributed by atoms with Crippen LogP contribution in [0.15, 0.2) is 46.8 Å². The molecule has 25 heavy (non-hydrogen) atoms. The molecule has 1 aromatic heterocycles. The first kappa shape index (κ1) is 16.5. The lowest BCUT2D eigenvalue weighted by Crippen LogP contribution is -2.52. The van der Waals surface area contributed by atoms with Crippen molar-refractivity contribution in [3.05, 3.63) is 52.9 Å². The number of anilines is 1. The van der Waals surface area contributed by atoms with Gasteiger partial charge in [-0.2, -0.15) is 0 Å². The van der Waals surface area contributed by atoms with E-state index in [0.717, 1.165) is 45.2 Å². The number of guanidine groups is 1. The van der Waals surface area contributed by atoms with Crippen LogP contribution >= 0.6 is 11.3 Å². The van der Waals surface area contributed by atoms with Crippen LogP contribution in [0, 0.1) is 0 Å². The number of hydrogen-bond donors (Lipinski definition) is 1. The van der Waals surface area contributed by atoms with E-state index in [4.69, 9.17) is 4.99 Å². The standard InChI is InChI=1S/C20H26N4S/c1-2-21-20(22-15-17-14-16-6-3-4-7-18(16)17)24-11-9-23(10-12-24)19-8-5-13-25-19/h3-8,13,17H,2,9-12,14-15H2,1H3,(H,21,22). The Hall–Kier alpha value is -2.01. The van der Waals surface area contributed by atoms with Crippen LogP contribution in [-0.2, 0) is 6.42 Å². The quantitative estimate of drug-likeness (QED) is 0.676. The maximum absolute atomic E-state index is 4.96. The third-order valence-electron chi connectivity index (χ3n) is 5.15. The lowest BCUT2D eigenvalue weighted by Gasteiger charge is -2.37. The summed E-state index contributed by atoms with van der Waals surface area (Å²) in [6.45, 7) is 8.16. The number of hydrogen-bond acceptors (Lipinski definition) is 3. The Morgan fingerprint density at radius 3 is 2.72 bits per heavy atom. The first-order valence-corrected chi connectivity index (χ1v) is 10.1. The molecule has 1 fully saturated rings. The zero-order valence-electron chi connectivity index (χ0n) is 14.8. The van der Waals surface area contributed by atoms with Crippen molar-refractivity contribution in [1.29, 1.82) is 0 Å².